The van der Waals surface area contributed by atoms with E-state index in [2.05, 4.69) is 93.6 Å². The van der Waals surface area contributed by atoms with Crippen molar-refractivity contribution in [1.82, 2.24) is 14.5 Å². The molecule has 0 radical (unpaired) electrons. The molecule has 28 heavy (non-hydrogen) atoms. The first kappa shape index (κ1) is 18.2. The van der Waals surface area contributed by atoms with Crippen molar-refractivity contribution in [3.05, 3.63) is 78.2 Å². The van der Waals surface area contributed by atoms with Gasteiger partial charge in [-0.3, -0.25) is 0 Å². The standard InChI is InChI=1S/C24H26N4/c1-3-4-15-25-24-23-22(26-18(2)27-24)14-16-28(23)17-20-12-8-9-13-21(20)19-10-6-5-7-11-19/h5-14,16H,3-4,15,17H2,1-2H3,(H,25,26,27). The van der Waals surface area contributed by atoms with E-state index in [0.29, 0.717) is 0 Å². The lowest BCUT2D eigenvalue weighted by Crippen LogP contribution is -2.08. The number of hydrogen-bond acceptors (Lipinski definition) is 3. The van der Waals surface area contributed by atoms with Gasteiger partial charge in [-0.25, -0.2) is 9.97 Å². The molecule has 2 aromatic heterocycles. The molecule has 142 valence electrons. The van der Waals surface area contributed by atoms with Crippen LogP contribution in [0.5, 0.6) is 0 Å². The molecule has 0 saturated heterocycles. The van der Waals surface area contributed by atoms with Crippen molar-refractivity contribution in [2.75, 3.05) is 11.9 Å². The maximum absolute atomic E-state index is 4.69. The predicted octanol–water partition coefficient (Wildman–Crippen LogP) is 5.67. The monoisotopic (exact) mass is 370 g/mol. The second-order valence-corrected chi connectivity index (χ2v) is 7.10. The van der Waals surface area contributed by atoms with Gasteiger partial charge < -0.3 is 9.88 Å². The Morgan fingerprint density at radius 3 is 2.54 bits per heavy atom. The first-order chi connectivity index (χ1) is 13.8. The third-order valence-electron chi connectivity index (χ3n) is 4.99. The van der Waals surface area contributed by atoms with Crippen LogP contribution in [-0.2, 0) is 6.54 Å². The zero-order chi connectivity index (χ0) is 19.3. The summed E-state index contributed by atoms with van der Waals surface area (Å²) in [5.74, 6) is 1.73. The average molecular weight is 371 g/mol. The Bertz CT molecular complexity index is 1070. The Labute approximate surface area is 166 Å². The van der Waals surface area contributed by atoms with Crippen LogP contribution >= 0.6 is 0 Å². The van der Waals surface area contributed by atoms with E-state index in [1.165, 1.54) is 16.7 Å². The third kappa shape index (κ3) is 3.77. The molecule has 4 nitrogen and oxygen atoms in total. The highest BCUT2D eigenvalue weighted by molar-refractivity contribution is 5.86. The molecule has 0 aliphatic rings. The number of fused-ring (bicyclic) bond motifs is 1. The molecule has 0 amide bonds. The molecule has 4 heteroatoms. The normalized spacial score (nSPS) is 11.1. The number of aromatic nitrogens is 3. The number of nitrogens with zero attached hydrogens (tertiary/aromatic N) is 3. The van der Waals surface area contributed by atoms with Crippen molar-refractivity contribution in [1.29, 1.82) is 0 Å². The molecule has 0 bridgehead atoms. The van der Waals surface area contributed by atoms with Gasteiger partial charge in [-0.15, -0.1) is 0 Å². The summed E-state index contributed by atoms with van der Waals surface area (Å²) in [7, 11) is 0. The SMILES string of the molecule is CCCCNc1nc(C)nc2ccn(Cc3ccccc3-c3ccccc3)c12. The van der Waals surface area contributed by atoms with E-state index >= 15 is 0 Å². The van der Waals surface area contributed by atoms with E-state index < -0.39 is 0 Å². The van der Waals surface area contributed by atoms with Gasteiger partial charge in [0.05, 0.1) is 5.52 Å². The smallest absolute Gasteiger partial charge is 0.154 e. The van der Waals surface area contributed by atoms with Crippen LogP contribution < -0.4 is 5.32 Å². The highest BCUT2D eigenvalue weighted by Crippen LogP contribution is 2.27. The van der Waals surface area contributed by atoms with Gasteiger partial charge in [0.25, 0.3) is 0 Å². The Morgan fingerprint density at radius 1 is 0.929 bits per heavy atom. The number of nitrogens with one attached hydrogen (secondary N) is 1. The van der Waals surface area contributed by atoms with Gasteiger partial charge in [-0.1, -0.05) is 67.9 Å². The van der Waals surface area contributed by atoms with E-state index in [4.69, 9.17) is 0 Å². The molecule has 0 fully saturated rings. The van der Waals surface area contributed by atoms with Gasteiger partial charge in [-0.05, 0) is 36.1 Å². The molecule has 0 atom stereocenters. The lowest BCUT2D eigenvalue weighted by Gasteiger charge is -2.14. The molecule has 1 N–H and O–H groups in total. The number of rotatable bonds is 7. The highest BCUT2D eigenvalue weighted by Gasteiger charge is 2.13. The summed E-state index contributed by atoms with van der Waals surface area (Å²) in [4.78, 5) is 9.32. The van der Waals surface area contributed by atoms with Crippen LogP contribution in [-0.4, -0.2) is 21.1 Å². The van der Waals surface area contributed by atoms with Gasteiger partial charge in [0, 0.05) is 19.3 Å². The van der Waals surface area contributed by atoms with Crippen molar-refractivity contribution in [2.45, 2.75) is 33.2 Å². The summed E-state index contributed by atoms with van der Waals surface area (Å²) in [6.07, 6.45) is 4.40. The van der Waals surface area contributed by atoms with E-state index in [1.807, 2.05) is 6.92 Å². The van der Waals surface area contributed by atoms with E-state index in [1.54, 1.807) is 0 Å². The predicted molar refractivity (Wildman–Crippen MR) is 117 cm³/mol. The third-order valence-corrected chi connectivity index (χ3v) is 4.99. The zero-order valence-electron chi connectivity index (χ0n) is 16.5. The van der Waals surface area contributed by atoms with Gasteiger partial charge in [-0.2, -0.15) is 0 Å². The Balaban J connectivity index is 1.73. The molecule has 2 aromatic carbocycles. The van der Waals surface area contributed by atoms with Crippen LogP contribution in [0.15, 0.2) is 66.9 Å². The number of hydrogen-bond donors (Lipinski definition) is 1. The van der Waals surface area contributed by atoms with Crippen molar-refractivity contribution in [3.8, 4) is 11.1 Å². The van der Waals surface area contributed by atoms with E-state index in [-0.39, 0.29) is 0 Å². The van der Waals surface area contributed by atoms with Crippen LogP contribution in [0.1, 0.15) is 31.2 Å². The largest absolute Gasteiger partial charge is 0.368 e. The van der Waals surface area contributed by atoms with E-state index in [0.717, 1.165) is 48.6 Å². The quantitative estimate of drug-likeness (QED) is 0.426. The van der Waals surface area contributed by atoms with Gasteiger partial charge >= 0.3 is 0 Å². The van der Waals surface area contributed by atoms with Gasteiger partial charge in [0.1, 0.15) is 11.3 Å². The van der Waals surface area contributed by atoms with Gasteiger partial charge in [0.15, 0.2) is 5.82 Å². The van der Waals surface area contributed by atoms with Crippen molar-refractivity contribution < 1.29 is 0 Å². The second-order valence-electron chi connectivity index (χ2n) is 7.10. The summed E-state index contributed by atoms with van der Waals surface area (Å²) in [5.41, 5.74) is 5.85. The fourth-order valence-corrected chi connectivity index (χ4v) is 3.60. The minimum absolute atomic E-state index is 0.781. The number of benzene rings is 2. The topological polar surface area (TPSA) is 42.7 Å². The summed E-state index contributed by atoms with van der Waals surface area (Å²) in [6.45, 7) is 5.86. The Kier molecular flexibility index (Phi) is 5.38. The first-order valence-electron chi connectivity index (χ1n) is 9.97. The number of aryl methyl sites for hydroxylation is 1. The van der Waals surface area contributed by atoms with Crippen LogP contribution in [0.25, 0.3) is 22.2 Å². The molecule has 0 spiro atoms. The van der Waals surface area contributed by atoms with Crippen molar-refractivity contribution in [2.24, 2.45) is 0 Å². The summed E-state index contributed by atoms with van der Waals surface area (Å²) in [5, 5.41) is 3.52. The molecule has 4 rings (SSSR count). The summed E-state index contributed by atoms with van der Waals surface area (Å²) >= 11 is 0. The molecule has 0 aliphatic heterocycles. The molecule has 4 aromatic rings. The fraction of sp³-hybridized carbons (Fsp3) is 0.250. The lowest BCUT2D eigenvalue weighted by molar-refractivity contribution is 0.818. The fourth-order valence-electron chi connectivity index (χ4n) is 3.60. The minimum atomic E-state index is 0.781. The first-order valence-corrected chi connectivity index (χ1v) is 9.97. The number of anilines is 1. The molecule has 2 heterocycles. The maximum atomic E-state index is 4.69. The summed E-state index contributed by atoms with van der Waals surface area (Å²) < 4.78 is 2.25. The number of unbranched alkanes of at least 4 members (excludes halogenated alkanes) is 1. The maximum Gasteiger partial charge on any atom is 0.154 e. The zero-order valence-corrected chi connectivity index (χ0v) is 16.5. The molecule has 0 saturated carbocycles. The summed E-state index contributed by atoms with van der Waals surface area (Å²) in [6, 6.07) is 21.2. The van der Waals surface area contributed by atoms with Crippen LogP contribution in [0.4, 0.5) is 5.82 Å². The molecule has 0 unspecified atom stereocenters. The van der Waals surface area contributed by atoms with Crippen LogP contribution in [0.3, 0.4) is 0 Å². The van der Waals surface area contributed by atoms with Crippen LogP contribution in [0, 0.1) is 6.92 Å². The van der Waals surface area contributed by atoms with Crippen molar-refractivity contribution >= 4 is 16.9 Å². The lowest BCUT2D eigenvalue weighted by atomic mass is 10.00. The van der Waals surface area contributed by atoms with Crippen molar-refractivity contribution in [3.63, 3.8) is 0 Å². The molecule has 0 aliphatic carbocycles. The Hall–Kier alpha value is -3.14. The highest BCUT2D eigenvalue weighted by atomic mass is 15.1. The molecular formula is C24H26N4. The average Bonchev–Trinajstić information content (AvgIpc) is 3.12. The second kappa shape index (κ2) is 8.26. The minimum Gasteiger partial charge on any atom is -0.368 e. The van der Waals surface area contributed by atoms with Crippen LogP contribution in [0.2, 0.25) is 0 Å². The van der Waals surface area contributed by atoms with E-state index in [9.17, 15) is 0 Å². The van der Waals surface area contributed by atoms with Gasteiger partial charge in [0.2, 0.25) is 0 Å². The Morgan fingerprint density at radius 2 is 1.71 bits per heavy atom. The molecular weight excluding hydrogens is 344 g/mol.